The fraction of sp³-hybridized carbons (Fsp3) is 0.200. The number of hydrogen-bond donors (Lipinski definition) is 0. The van der Waals surface area contributed by atoms with Gasteiger partial charge in [-0.2, -0.15) is 0 Å². The van der Waals surface area contributed by atoms with Crippen molar-refractivity contribution >= 4 is 23.2 Å². The number of hydrogen-bond acceptors (Lipinski definition) is 2. The van der Waals surface area contributed by atoms with E-state index in [2.05, 4.69) is 4.98 Å². The van der Waals surface area contributed by atoms with Crippen molar-refractivity contribution in [3.8, 4) is 0 Å². The number of para-hydroxylation sites is 1. The molecule has 0 saturated heterocycles. The summed E-state index contributed by atoms with van der Waals surface area (Å²) in [5.74, 6) is -0.0684. The van der Waals surface area contributed by atoms with Gasteiger partial charge in [0.25, 0.3) is 5.91 Å². The Labute approximate surface area is 117 Å². The van der Waals surface area contributed by atoms with E-state index in [0.717, 1.165) is 11.4 Å². The van der Waals surface area contributed by atoms with Gasteiger partial charge in [0, 0.05) is 23.5 Å². The second-order valence-corrected chi connectivity index (χ2v) is 4.59. The molecule has 0 aliphatic rings. The molecule has 0 atom stereocenters. The molecule has 1 aromatic heterocycles. The van der Waals surface area contributed by atoms with Crippen LogP contribution in [0.25, 0.3) is 0 Å². The van der Waals surface area contributed by atoms with Crippen LogP contribution in [0.4, 0.5) is 5.69 Å². The van der Waals surface area contributed by atoms with Crippen molar-refractivity contribution in [3.05, 3.63) is 58.9 Å². The van der Waals surface area contributed by atoms with Gasteiger partial charge >= 0.3 is 0 Å². The van der Waals surface area contributed by atoms with Gasteiger partial charge in [0.15, 0.2) is 0 Å². The highest BCUT2D eigenvalue weighted by molar-refractivity contribution is 6.29. The van der Waals surface area contributed by atoms with Gasteiger partial charge in [-0.05, 0) is 38.1 Å². The maximum absolute atomic E-state index is 12.5. The lowest BCUT2D eigenvalue weighted by Crippen LogP contribution is -2.30. The fourth-order valence-electron chi connectivity index (χ4n) is 1.96. The number of aromatic nitrogens is 1. The first kappa shape index (κ1) is 13.6. The molecule has 1 amide bonds. The topological polar surface area (TPSA) is 33.2 Å². The number of anilines is 1. The van der Waals surface area contributed by atoms with E-state index >= 15 is 0 Å². The minimum absolute atomic E-state index is 0.0684. The Morgan fingerprint density at radius 1 is 1.26 bits per heavy atom. The molecule has 0 N–H and O–H groups in total. The van der Waals surface area contributed by atoms with Crippen molar-refractivity contribution in [2.45, 2.75) is 13.8 Å². The van der Waals surface area contributed by atoms with Crippen LogP contribution >= 0.6 is 11.6 Å². The summed E-state index contributed by atoms with van der Waals surface area (Å²) in [6.07, 6.45) is 0. The van der Waals surface area contributed by atoms with E-state index in [1.165, 1.54) is 0 Å². The molecule has 3 nitrogen and oxygen atoms in total. The van der Waals surface area contributed by atoms with E-state index in [1.807, 2.05) is 44.2 Å². The van der Waals surface area contributed by atoms with E-state index in [9.17, 15) is 4.79 Å². The van der Waals surface area contributed by atoms with Crippen LogP contribution in [0.2, 0.25) is 5.15 Å². The van der Waals surface area contributed by atoms with Gasteiger partial charge in [-0.25, -0.2) is 4.98 Å². The van der Waals surface area contributed by atoms with Crippen molar-refractivity contribution in [1.82, 2.24) is 4.98 Å². The van der Waals surface area contributed by atoms with Crippen LogP contribution in [0.5, 0.6) is 0 Å². The molecule has 0 spiro atoms. The summed E-state index contributed by atoms with van der Waals surface area (Å²) >= 11 is 5.91. The lowest BCUT2D eigenvalue weighted by Gasteiger charge is -2.21. The number of carbonyl (C=O) groups excluding carboxylic acids is 1. The third kappa shape index (κ3) is 3.12. The zero-order valence-electron chi connectivity index (χ0n) is 10.9. The van der Waals surface area contributed by atoms with Crippen molar-refractivity contribution in [1.29, 1.82) is 0 Å². The van der Waals surface area contributed by atoms with E-state index in [4.69, 9.17) is 11.6 Å². The molecule has 0 unspecified atom stereocenters. The summed E-state index contributed by atoms with van der Waals surface area (Å²) in [6, 6.07) is 12.9. The smallest absolute Gasteiger partial charge is 0.258 e. The Bertz CT molecular complexity index is 564. The predicted octanol–water partition coefficient (Wildman–Crippen LogP) is 3.71. The normalized spacial score (nSPS) is 10.3. The van der Waals surface area contributed by atoms with E-state index in [0.29, 0.717) is 17.3 Å². The number of amides is 1. The molecule has 0 saturated carbocycles. The highest BCUT2D eigenvalue weighted by atomic mass is 35.5. The summed E-state index contributed by atoms with van der Waals surface area (Å²) in [4.78, 5) is 18.3. The standard InChI is InChI=1S/C15H15ClN2O/c1-3-18(13-7-5-4-6-8-13)15(19)12-9-11(2)17-14(16)10-12/h4-10H,3H2,1-2H3. The van der Waals surface area contributed by atoms with Crippen molar-refractivity contribution in [2.24, 2.45) is 0 Å². The molecule has 0 radical (unpaired) electrons. The molecule has 2 aromatic rings. The Hall–Kier alpha value is -1.87. The molecule has 4 heteroatoms. The van der Waals surface area contributed by atoms with Crippen LogP contribution in [0.1, 0.15) is 23.0 Å². The molecule has 0 fully saturated rings. The Balaban J connectivity index is 2.36. The minimum atomic E-state index is -0.0684. The first-order valence-corrected chi connectivity index (χ1v) is 6.50. The van der Waals surface area contributed by atoms with Gasteiger partial charge in [0.05, 0.1) is 0 Å². The molecule has 1 aromatic carbocycles. The number of nitrogens with zero attached hydrogens (tertiary/aromatic N) is 2. The van der Waals surface area contributed by atoms with Crippen molar-refractivity contribution in [3.63, 3.8) is 0 Å². The minimum Gasteiger partial charge on any atom is -0.309 e. The Morgan fingerprint density at radius 3 is 2.53 bits per heavy atom. The van der Waals surface area contributed by atoms with E-state index in [1.54, 1.807) is 17.0 Å². The highest BCUT2D eigenvalue weighted by Crippen LogP contribution is 2.18. The molecule has 0 aliphatic carbocycles. The molecule has 2 rings (SSSR count). The Morgan fingerprint density at radius 2 is 1.95 bits per heavy atom. The second kappa shape index (κ2) is 5.85. The highest BCUT2D eigenvalue weighted by Gasteiger charge is 2.16. The van der Waals surface area contributed by atoms with Crippen LogP contribution < -0.4 is 4.90 Å². The number of pyridine rings is 1. The number of aryl methyl sites for hydroxylation is 1. The molecule has 0 bridgehead atoms. The van der Waals surface area contributed by atoms with Gasteiger partial charge in [0.2, 0.25) is 0 Å². The van der Waals surface area contributed by atoms with E-state index in [-0.39, 0.29) is 5.91 Å². The van der Waals surface area contributed by atoms with Gasteiger partial charge in [-0.3, -0.25) is 4.79 Å². The summed E-state index contributed by atoms with van der Waals surface area (Å²) in [7, 11) is 0. The maximum Gasteiger partial charge on any atom is 0.258 e. The molecule has 19 heavy (non-hydrogen) atoms. The van der Waals surface area contributed by atoms with Crippen LogP contribution in [0.15, 0.2) is 42.5 Å². The number of carbonyl (C=O) groups is 1. The van der Waals surface area contributed by atoms with E-state index < -0.39 is 0 Å². The maximum atomic E-state index is 12.5. The lowest BCUT2D eigenvalue weighted by atomic mass is 10.2. The average Bonchev–Trinajstić information content (AvgIpc) is 2.39. The molecule has 0 aliphatic heterocycles. The largest absolute Gasteiger partial charge is 0.309 e. The SMILES string of the molecule is CCN(C(=O)c1cc(C)nc(Cl)c1)c1ccccc1. The first-order chi connectivity index (χ1) is 9.11. The quantitative estimate of drug-likeness (QED) is 0.800. The fourth-order valence-corrected chi connectivity index (χ4v) is 2.21. The van der Waals surface area contributed by atoms with Gasteiger partial charge in [-0.15, -0.1) is 0 Å². The summed E-state index contributed by atoms with van der Waals surface area (Å²) in [5.41, 5.74) is 2.17. The van der Waals surface area contributed by atoms with Gasteiger partial charge < -0.3 is 4.90 Å². The lowest BCUT2D eigenvalue weighted by molar-refractivity contribution is 0.0988. The van der Waals surface area contributed by atoms with Crippen LogP contribution in [-0.2, 0) is 0 Å². The summed E-state index contributed by atoms with van der Waals surface area (Å²) < 4.78 is 0. The summed E-state index contributed by atoms with van der Waals surface area (Å²) in [6.45, 7) is 4.36. The second-order valence-electron chi connectivity index (χ2n) is 4.20. The number of benzene rings is 1. The average molecular weight is 275 g/mol. The third-order valence-electron chi connectivity index (χ3n) is 2.80. The predicted molar refractivity (Wildman–Crippen MR) is 77.8 cm³/mol. The summed E-state index contributed by atoms with van der Waals surface area (Å²) in [5, 5.41) is 0.340. The third-order valence-corrected chi connectivity index (χ3v) is 2.99. The van der Waals surface area contributed by atoms with Gasteiger partial charge in [-0.1, -0.05) is 29.8 Å². The van der Waals surface area contributed by atoms with Crippen molar-refractivity contribution in [2.75, 3.05) is 11.4 Å². The van der Waals surface area contributed by atoms with Crippen molar-refractivity contribution < 1.29 is 4.79 Å². The zero-order chi connectivity index (χ0) is 13.8. The Kier molecular flexibility index (Phi) is 4.17. The molecular weight excluding hydrogens is 260 g/mol. The number of rotatable bonds is 3. The van der Waals surface area contributed by atoms with Crippen LogP contribution in [0, 0.1) is 6.92 Å². The zero-order valence-corrected chi connectivity index (χ0v) is 11.7. The van der Waals surface area contributed by atoms with Crippen LogP contribution in [-0.4, -0.2) is 17.4 Å². The number of halogens is 1. The monoisotopic (exact) mass is 274 g/mol. The van der Waals surface area contributed by atoms with Crippen LogP contribution in [0.3, 0.4) is 0 Å². The first-order valence-electron chi connectivity index (χ1n) is 6.13. The molecule has 1 heterocycles. The molecule has 98 valence electrons. The van der Waals surface area contributed by atoms with Gasteiger partial charge in [0.1, 0.15) is 5.15 Å². The molecular formula is C15H15ClN2O.